The molecule has 0 fully saturated rings. The van der Waals surface area contributed by atoms with Gasteiger partial charge in [-0.3, -0.25) is 4.79 Å². The number of rotatable bonds is 8. The molecule has 0 aliphatic rings. The molecule has 2 N–H and O–H groups in total. The van der Waals surface area contributed by atoms with Crippen molar-refractivity contribution in [3.63, 3.8) is 0 Å². The second-order valence-corrected chi connectivity index (χ2v) is 8.84. The molecule has 0 saturated carbocycles. The zero-order valence-electron chi connectivity index (χ0n) is 18.3. The number of carboxylic acid groups (broad SMARTS) is 1. The van der Waals surface area contributed by atoms with Crippen molar-refractivity contribution in [2.75, 3.05) is 13.7 Å². The second kappa shape index (κ2) is 9.87. The minimum Gasteiger partial charge on any atom is -0.496 e. The number of carboxylic acids is 1. The van der Waals surface area contributed by atoms with Gasteiger partial charge in [0.2, 0.25) is 0 Å². The van der Waals surface area contributed by atoms with Crippen LogP contribution in [0.4, 0.5) is 13.2 Å². The van der Waals surface area contributed by atoms with Crippen LogP contribution >= 0.6 is 11.3 Å². The standard InChI is InChI=1S/C26H22F3NO3S/c1-33-22-14-24-18(11-19(22)15-30-10-9-25(31)32)13-23(34-24)17-7-8-20(16-5-3-2-4-6-16)21(12-17)26(27,28)29/h2-8,11-14,30H,9-10,15H2,1H3,(H,31,32). The Balaban J connectivity index is 1.70. The first-order valence-electron chi connectivity index (χ1n) is 10.6. The van der Waals surface area contributed by atoms with Gasteiger partial charge in [0.1, 0.15) is 5.75 Å². The van der Waals surface area contributed by atoms with Crippen LogP contribution in [0.1, 0.15) is 17.5 Å². The summed E-state index contributed by atoms with van der Waals surface area (Å²) in [5.74, 6) is -0.243. The van der Waals surface area contributed by atoms with Crippen molar-refractivity contribution < 1.29 is 27.8 Å². The van der Waals surface area contributed by atoms with Gasteiger partial charge in [0.15, 0.2) is 0 Å². The maximum absolute atomic E-state index is 13.9. The molecule has 4 nitrogen and oxygen atoms in total. The summed E-state index contributed by atoms with van der Waals surface area (Å²) in [4.78, 5) is 11.4. The van der Waals surface area contributed by atoms with Crippen molar-refractivity contribution >= 4 is 27.4 Å². The van der Waals surface area contributed by atoms with Crippen molar-refractivity contribution in [1.82, 2.24) is 5.32 Å². The average molecular weight is 486 g/mol. The smallest absolute Gasteiger partial charge is 0.417 e. The summed E-state index contributed by atoms with van der Waals surface area (Å²) >= 11 is 1.40. The Bertz CT molecular complexity index is 1320. The summed E-state index contributed by atoms with van der Waals surface area (Å²) in [6.45, 7) is 0.737. The van der Waals surface area contributed by atoms with Gasteiger partial charge in [0, 0.05) is 28.2 Å². The van der Waals surface area contributed by atoms with Gasteiger partial charge in [-0.25, -0.2) is 0 Å². The minimum atomic E-state index is -4.49. The van der Waals surface area contributed by atoms with E-state index in [-0.39, 0.29) is 12.0 Å². The van der Waals surface area contributed by atoms with E-state index in [1.54, 1.807) is 43.5 Å². The first-order valence-corrected chi connectivity index (χ1v) is 11.4. The number of benzene rings is 3. The number of hydrogen-bond donors (Lipinski definition) is 2. The van der Waals surface area contributed by atoms with Gasteiger partial charge in [-0.1, -0.05) is 42.5 Å². The average Bonchev–Trinajstić information content (AvgIpc) is 3.23. The lowest BCUT2D eigenvalue weighted by molar-refractivity contribution is -0.137. The third-order valence-corrected chi connectivity index (χ3v) is 6.59. The number of thiophene rings is 1. The van der Waals surface area contributed by atoms with Gasteiger partial charge >= 0.3 is 12.1 Å². The molecule has 3 aromatic carbocycles. The number of alkyl halides is 3. The first kappa shape index (κ1) is 23.8. The number of methoxy groups -OCH3 is 1. The first-order chi connectivity index (χ1) is 16.3. The Labute approximate surface area is 198 Å². The Kier molecular flexibility index (Phi) is 6.90. The van der Waals surface area contributed by atoms with Crippen LogP contribution < -0.4 is 10.1 Å². The predicted octanol–water partition coefficient (Wildman–Crippen LogP) is 6.83. The Morgan fingerprint density at radius 3 is 2.47 bits per heavy atom. The summed E-state index contributed by atoms with van der Waals surface area (Å²) in [6.07, 6.45) is -4.48. The predicted molar refractivity (Wildman–Crippen MR) is 128 cm³/mol. The van der Waals surface area contributed by atoms with Crippen LogP contribution in [-0.2, 0) is 17.5 Å². The van der Waals surface area contributed by atoms with Crippen LogP contribution in [0.25, 0.3) is 31.7 Å². The van der Waals surface area contributed by atoms with Crippen LogP contribution in [0.15, 0.2) is 66.7 Å². The third kappa shape index (κ3) is 5.24. The van der Waals surface area contributed by atoms with Gasteiger partial charge in [0.05, 0.1) is 19.1 Å². The minimum absolute atomic E-state index is 0.00761. The fraction of sp³-hybridized carbons (Fsp3) is 0.192. The van der Waals surface area contributed by atoms with Gasteiger partial charge < -0.3 is 15.2 Å². The van der Waals surface area contributed by atoms with E-state index in [1.807, 2.05) is 18.2 Å². The normalized spacial score (nSPS) is 11.6. The zero-order chi connectivity index (χ0) is 24.3. The summed E-state index contributed by atoms with van der Waals surface area (Å²) < 4.78 is 48.1. The van der Waals surface area contributed by atoms with E-state index in [2.05, 4.69) is 5.32 Å². The monoisotopic (exact) mass is 485 g/mol. The van der Waals surface area contributed by atoms with Crippen LogP contribution in [0, 0.1) is 0 Å². The molecular formula is C26H22F3NO3S. The summed E-state index contributed by atoms with van der Waals surface area (Å²) in [5, 5.41) is 12.7. The molecule has 34 heavy (non-hydrogen) atoms. The molecular weight excluding hydrogens is 463 g/mol. The van der Waals surface area contributed by atoms with Gasteiger partial charge in [-0.05, 0) is 46.3 Å². The van der Waals surface area contributed by atoms with Gasteiger partial charge in [0.25, 0.3) is 0 Å². The molecule has 4 rings (SSSR count). The van der Waals surface area contributed by atoms with Crippen LogP contribution in [0.5, 0.6) is 5.75 Å². The largest absolute Gasteiger partial charge is 0.496 e. The Morgan fingerprint density at radius 1 is 1.03 bits per heavy atom. The molecule has 0 bridgehead atoms. The fourth-order valence-electron chi connectivity index (χ4n) is 3.81. The van der Waals surface area contributed by atoms with Gasteiger partial charge in [-0.15, -0.1) is 11.3 Å². The van der Waals surface area contributed by atoms with E-state index < -0.39 is 17.7 Å². The highest BCUT2D eigenvalue weighted by Gasteiger charge is 2.34. The van der Waals surface area contributed by atoms with Gasteiger partial charge in [-0.2, -0.15) is 13.2 Å². The number of fused-ring (bicyclic) bond motifs is 1. The molecule has 0 aliphatic heterocycles. The van der Waals surface area contributed by atoms with Crippen molar-refractivity contribution in [2.45, 2.75) is 19.1 Å². The van der Waals surface area contributed by atoms with E-state index in [0.717, 1.165) is 20.5 Å². The van der Waals surface area contributed by atoms with Crippen LogP contribution in [0.2, 0.25) is 0 Å². The van der Waals surface area contributed by atoms with Crippen molar-refractivity contribution in [3.8, 4) is 27.3 Å². The highest BCUT2D eigenvalue weighted by atomic mass is 32.1. The Hall–Kier alpha value is -3.36. The summed E-state index contributed by atoms with van der Waals surface area (Å²) in [7, 11) is 1.55. The van der Waals surface area contributed by atoms with E-state index in [0.29, 0.717) is 30.0 Å². The molecule has 0 spiro atoms. The van der Waals surface area contributed by atoms with E-state index in [1.165, 1.54) is 23.5 Å². The lowest BCUT2D eigenvalue weighted by Crippen LogP contribution is -2.17. The Morgan fingerprint density at radius 2 is 1.79 bits per heavy atom. The maximum Gasteiger partial charge on any atom is 0.417 e. The third-order valence-electron chi connectivity index (χ3n) is 5.44. The molecule has 1 heterocycles. The number of aliphatic carboxylic acids is 1. The number of carbonyl (C=O) groups is 1. The lowest BCUT2D eigenvalue weighted by atomic mass is 9.96. The molecule has 8 heteroatoms. The topological polar surface area (TPSA) is 58.6 Å². The second-order valence-electron chi connectivity index (χ2n) is 7.76. The van der Waals surface area contributed by atoms with E-state index in [4.69, 9.17) is 9.84 Å². The molecule has 176 valence electrons. The summed E-state index contributed by atoms with van der Waals surface area (Å²) in [6, 6.07) is 18.6. The van der Waals surface area contributed by atoms with E-state index in [9.17, 15) is 18.0 Å². The molecule has 4 aromatic rings. The SMILES string of the molecule is COc1cc2sc(-c3ccc(-c4ccccc4)c(C(F)(F)F)c3)cc2cc1CNCCC(=O)O. The van der Waals surface area contributed by atoms with Crippen LogP contribution in [-0.4, -0.2) is 24.7 Å². The molecule has 1 aromatic heterocycles. The molecule has 0 unspecified atom stereocenters. The highest BCUT2D eigenvalue weighted by Crippen LogP contribution is 2.42. The van der Waals surface area contributed by atoms with E-state index >= 15 is 0 Å². The van der Waals surface area contributed by atoms with Crippen LogP contribution in [0.3, 0.4) is 0 Å². The fourth-order valence-corrected chi connectivity index (χ4v) is 4.88. The molecule has 0 aliphatic carbocycles. The number of ether oxygens (including phenoxy) is 1. The maximum atomic E-state index is 13.9. The lowest BCUT2D eigenvalue weighted by Gasteiger charge is -2.14. The number of nitrogens with one attached hydrogen (secondary N) is 1. The number of halogens is 3. The van der Waals surface area contributed by atoms with Crippen molar-refractivity contribution in [2.24, 2.45) is 0 Å². The number of hydrogen-bond acceptors (Lipinski definition) is 4. The highest BCUT2D eigenvalue weighted by molar-refractivity contribution is 7.22. The quantitative estimate of drug-likeness (QED) is 0.269. The zero-order valence-corrected chi connectivity index (χ0v) is 19.1. The molecule has 0 saturated heterocycles. The molecule has 0 radical (unpaired) electrons. The van der Waals surface area contributed by atoms with Crippen molar-refractivity contribution in [1.29, 1.82) is 0 Å². The summed E-state index contributed by atoms with van der Waals surface area (Å²) in [5.41, 5.74) is 1.33. The molecule has 0 amide bonds. The molecule has 0 atom stereocenters. The van der Waals surface area contributed by atoms with Crippen molar-refractivity contribution in [3.05, 3.63) is 77.9 Å².